The number of para-hydroxylation sites is 1. The number of hydrogen-bond donors (Lipinski definition) is 0. The molecule has 39 heavy (non-hydrogen) atoms. The second-order valence-corrected chi connectivity index (χ2v) is 11.7. The zero-order valence-electron chi connectivity index (χ0n) is 23.2. The highest BCUT2D eigenvalue weighted by atomic mass is 32.2. The van der Waals surface area contributed by atoms with E-state index in [1.54, 1.807) is 17.0 Å². The number of rotatable bonds is 7. The molecule has 2 aromatic carbocycles. The van der Waals surface area contributed by atoms with Gasteiger partial charge in [-0.15, -0.1) is 0 Å². The third-order valence-electron chi connectivity index (χ3n) is 7.53. The SMILES string of the molecule is CCN1c2cc(F)c(/C=C3/SC(=Nc4ccccc4)N(CCCN4CCOCC4)C3=O)cc2C(C)=CC1(C)C. The van der Waals surface area contributed by atoms with Gasteiger partial charge in [-0.2, -0.15) is 0 Å². The number of allylic oxidation sites excluding steroid dienone is 1. The molecule has 6 nitrogen and oxygen atoms in total. The molecule has 8 heteroatoms. The van der Waals surface area contributed by atoms with Gasteiger partial charge in [-0.05, 0) is 81.8 Å². The number of halogens is 1. The van der Waals surface area contributed by atoms with E-state index in [1.807, 2.05) is 36.4 Å². The van der Waals surface area contributed by atoms with Gasteiger partial charge in [0.05, 0.1) is 29.3 Å². The predicted molar refractivity (Wildman–Crippen MR) is 160 cm³/mol. The fourth-order valence-corrected chi connectivity index (χ4v) is 6.64. The van der Waals surface area contributed by atoms with Gasteiger partial charge in [-0.25, -0.2) is 9.38 Å². The number of carbonyl (C=O) groups is 1. The molecule has 0 radical (unpaired) electrons. The van der Waals surface area contributed by atoms with Gasteiger partial charge in [0.1, 0.15) is 5.82 Å². The molecule has 1 amide bonds. The van der Waals surface area contributed by atoms with Crippen molar-refractivity contribution in [1.29, 1.82) is 0 Å². The third-order valence-corrected chi connectivity index (χ3v) is 8.53. The van der Waals surface area contributed by atoms with E-state index in [2.05, 4.69) is 43.6 Å². The molecular formula is C31H37FN4O2S. The number of ether oxygens (including phenoxy) is 1. The van der Waals surface area contributed by atoms with Gasteiger partial charge in [0.2, 0.25) is 0 Å². The highest BCUT2D eigenvalue weighted by molar-refractivity contribution is 8.18. The Balaban J connectivity index is 1.44. The Labute approximate surface area is 235 Å². The summed E-state index contributed by atoms with van der Waals surface area (Å²) in [6.45, 7) is 14.0. The molecule has 3 aliphatic rings. The molecule has 3 aliphatic heterocycles. The topological polar surface area (TPSA) is 48.4 Å². The predicted octanol–water partition coefficient (Wildman–Crippen LogP) is 6.17. The van der Waals surface area contributed by atoms with E-state index >= 15 is 4.39 Å². The van der Waals surface area contributed by atoms with Gasteiger partial charge < -0.3 is 9.64 Å². The summed E-state index contributed by atoms with van der Waals surface area (Å²) in [6.07, 6.45) is 4.74. The first-order valence-electron chi connectivity index (χ1n) is 13.7. The fourth-order valence-electron chi connectivity index (χ4n) is 5.62. The molecule has 2 fully saturated rings. The van der Waals surface area contributed by atoms with Crippen LogP contribution < -0.4 is 4.90 Å². The standard InChI is InChI=1S/C31H37FN4O2S/c1-5-36-27-20-26(32)23(18-25(27)22(2)21-31(36,3)4)19-28-29(37)35(13-9-12-34-14-16-38-17-15-34)30(39-28)33-24-10-7-6-8-11-24/h6-8,10-11,18-21H,5,9,12-17H2,1-4H3/b28-19+,33-30?. The monoisotopic (exact) mass is 548 g/mol. The number of fused-ring (bicyclic) bond motifs is 1. The summed E-state index contributed by atoms with van der Waals surface area (Å²) in [5.74, 6) is -0.455. The fraction of sp³-hybridized carbons (Fsp3) is 0.419. The Bertz CT molecular complexity index is 1320. The normalized spacial score (nSPS) is 21.6. The van der Waals surface area contributed by atoms with E-state index < -0.39 is 0 Å². The summed E-state index contributed by atoms with van der Waals surface area (Å²) in [5.41, 5.74) is 4.02. The van der Waals surface area contributed by atoms with Crippen LogP contribution >= 0.6 is 11.8 Å². The van der Waals surface area contributed by atoms with Crippen LogP contribution in [0.4, 0.5) is 15.8 Å². The summed E-state index contributed by atoms with van der Waals surface area (Å²) in [5, 5.41) is 0.632. The van der Waals surface area contributed by atoms with Crippen molar-refractivity contribution >= 4 is 45.9 Å². The Morgan fingerprint density at radius 1 is 1.13 bits per heavy atom. The van der Waals surface area contributed by atoms with Crippen LogP contribution in [-0.2, 0) is 9.53 Å². The maximum Gasteiger partial charge on any atom is 0.266 e. The van der Waals surface area contributed by atoms with Crippen molar-refractivity contribution in [1.82, 2.24) is 9.80 Å². The lowest BCUT2D eigenvalue weighted by atomic mass is 9.88. The van der Waals surface area contributed by atoms with Crippen molar-refractivity contribution in [2.45, 2.75) is 39.7 Å². The second kappa shape index (κ2) is 11.7. The molecule has 5 rings (SSSR count). The van der Waals surface area contributed by atoms with Crippen LogP contribution in [0.15, 0.2) is 58.4 Å². The highest BCUT2D eigenvalue weighted by Gasteiger charge is 2.35. The van der Waals surface area contributed by atoms with E-state index in [9.17, 15) is 4.79 Å². The number of hydrogen-bond acceptors (Lipinski definition) is 6. The van der Waals surface area contributed by atoms with E-state index in [4.69, 9.17) is 9.73 Å². The zero-order chi connectivity index (χ0) is 27.6. The third kappa shape index (κ3) is 5.98. The summed E-state index contributed by atoms with van der Waals surface area (Å²) in [4.78, 5) is 25.2. The van der Waals surface area contributed by atoms with Crippen LogP contribution in [0, 0.1) is 5.82 Å². The molecule has 0 N–H and O–H groups in total. The van der Waals surface area contributed by atoms with Gasteiger partial charge in [-0.3, -0.25) is 14.6 Å². The lowest BCUT2D eigenvalue weighted by Crippen LogP contribution is -2.45. The first-order chi connectivity index (χ1) is 18.8. The summed E-state index contributed by atoms with van der Waals surface area (Å²) >= 11 is 1.32. The molecule has 0 aliphatic carbocycles. The minimum absolute atomic E-state index is 0.127. The van der Waals surface area contributed by atoms with Gasteiger partial charge in [0, 0.05) is 49.5 Å². The Kier molecular flexibility index (Phi) is 8.26. The van der Waals surface area contributed by atoms with Crippen LogP contribution in [0.2, 0.25) is 0 Å². The van der Waals surface area contributed by atoms with Crippen LogP contribution in [0.1, 0.15) is 45.2 Å². The average molecular weight is 549 g/mol. The summed E-state index contributed by atoms with van der Waals surface area (Å²) in [6, 6.07) is 13.1. The van der Waals surface area contributed by atoms with Crippen LogP contribution in [0.3, 0.4) is 0 Å². The summed E-state index contributed by atoms with van der Waals surface area (Å²) < 4.78 is 21.0. The van der Waals surface area contributed by atoms with Crippen LogP contribution in [0.25, 0.3) is 11.6 Å². The maximum atomic E-state index is 15.5. The van der Waals surface area contributed by atoms with Crippen molar-refractivity contribution in [2.24, 2.45) is 4.99 Å². The number of amides is 1. The number of likely N-dealkylation sites (N-methyl/N-ethyl adjacent to an activating group) is 1. The van der Waals surface area contributed by atoms with Gasteiger partial charge >= 0.3 is 0 Å². The minimum Gasteiger partial charge on any atom is -0.379 e. The summed E-state index contributed by atoms with van der Waals surface area (Å²) in [7, 11) is 0. The molecule has 0 saturated carbocycles. The molecule has 0 spiro atoms. The van der Waals surface area contributed by atoms with Crippen molar-refractivity contribution in [3.63, 3.8) is 0 Å². The maximum absolute atomic E-state index is 15.5. The molecule has 0 unspecified atom stereocenters. The number of nitrogens with zero attached hydrogens (tertiary/aromatic N) is 4. The van der Waals surface area contributed by atoms with Crippen LogP contribution in [-0.4, -0.2) is 72.4 Å². The molecular weight excluding hydrogens is 511 g/mol. The smallest absolute Gasteiger partial charge is 0.266 e. The van der Waals surface area contributed by atoms with Gasteiger partial charge in [-0.1, -0.05) is 24.3 Å². The number of aliphatic imine (C=N–C) groups is 1. The lowest BCUT2D eigenvalue weighted by molar-refractivity contribution is -0.122. The van der Waals surface area contributed by atoms with E-state index in [1.165, 1.54) is 11.8 Å². The zero-order valence-corrected chi connectivity index (χ0v) is 24.1. The van der Waals surface area contributed by atoms with E-state index in [0.29, 0.717) is 22.2 Å². The molecule has 3 heterocycles. The van der Waals surface area contributed by atoms with Crippen molar-refractivity contribution in [3.8, 4) is 0 Å². The van der Waals surface area contributed by atoms with Gasteiger partial charge in [0.25, 0.3) is 5.91 Å². The van der Waals surface area contributed by atoms with Gasteiger partial charge in [0.15, 0.2) is 5.17 Å². The number of anilines is 1. The van der Waals surface area contributed by atoms with E-state index in [0.717, 1.165) is 68.3 Å². The second-order valence-electron chi connectivity index (χ2n) is 10.7. The first-order valence-corrected chi connectivity index (χ1v) is 14.5. The quantitative estimate of drug-likeness (QED) is 0.387. The average Bonchev–Trinajstić information content (AvgIpc) is 3.19. The Morgan fingerprint density at radius 2 is 1.87 bits per heavy atom. The van der Waals surface area contributed by atoms with Crippen molar-refractivity contribution in [2.75, 3.05) is 50.8 Å². The molecule has 2 aromatic rings. The Hall–Kier alpha value is -2.94. The molecule has 0 aromatic heterocycles. The molecule has 206 valence electrons. The number of benzene rings is 2. The lowest BCUT2D eigenvalue weighted by Gasteiger charge is -2.42. The number of carbonyl (C=O) groups excluding carboxylic acids is 1. The minimum atomic E-state index is -0.328. The van der Waals surface area contributed by atoms with E-state index in [-0.39, 0.29) is 17.3 Å². The first kappa shape index (κ1) is 27.6. The van der Waals surface area contributed by atoms with Crippen LogP contribution in [0.5, 0.6) is 0 Å². The highest BCUT2D eigenvalue weighted by Crippen LogP contribution is 2.41. The number of thioether (sulfide) groups is 1. The number of amidine groups is 1. The van der Waals surface area contributed by atoms with Crippen molar-refractivity contribution in [3.05, 3.63) is 70.4 Å². The van der Waals surface area contributed by atoms with Crippen molar-refractivity contribution < 1.29 is 13.9 Å². The molecule has 2 saturated heterocycles. The number of morpholine rings is 1. The molecule has 0 atom stereocenters. The Morgan fingerprint density at radius 3 is 2.59 bits per heavy atom. The molecule has 0 bridgehead atoms. The largest absolute Gasteiger partial charge is 0.379 e.